The van der Waals surface area contributed by atoms with E-state index in [0.29, 0.717) is 0 Å². The summed E-state index contributed by atoms with van der Waals surface area (Å²) in [6, 6.07) is 14.4. The second-order valence-corrected chi connectivity index (χ2v) is 5.00. The van der Waals surface area contributed by atoms with E-state index in [1.807, 2.05) is 25.2 Å². The number of benzene rings is 2. The molecule has 1 unspecified atom stereocenters. The predicted octanol–water partition coefficient (Wildman–Crippen LogP) is 2.89. The van der Waals surface area contributed by atoms with Crippen LogP contribution in [0.4, 0.5) is 0 Å². The van der Waals surface area contributed by atoms with Crippen LogP contribution in [0.3, 0.4) is 0 Å². The summed E-state index contributed by atoms with van der Waals surface area (Å²) in [4.78, 5) is 0. The molecule has 1 aliphatic rings. The molecule has 2 aromatic carbocycles. The number of rotatable bonds is 4. The molecule has 1 aliphatic heterocycles. The Labute approximate surface area is 119 Å². The van der Waals surface area contributed by atoms with Gasteiger partial charge in [-0.15, -0.1) is 0 Å². The summed E-state index contributed by atoms with van der Waals surface area (Å²) in [7, 11) is 3.65. The van der Waals surface area contributed by atoms with Gasteiger partial charge in [-0.3, -0.25) is 0 Å². The first-order valence-corrected chi connectivity index (χ1v) is 6.90. The first kappa shape index (κ1) is 13.0. The Hall–Kier alpha value is -2.00. The van der Waals surface area contributed by atoms with Gasteiger partial charge in [-0.2, -0.15) is 0 Å². The van der Waals surface area contributed by atoms with Crippen LogP contribution in [-0.2, 0) is 6.42 Å². The molecule has 3 heteroatoms. The Morgan fingerprint density at radius 1 is 1.15 bits per heavy atom. The highest BCUT2D eigenvalue weighted by atomic mass is 16.5. The summed E-state index contributed by atoms with van der Waals surface area (Å²) < 4.78 is 11.6. The summed E-state index contributed by atoms with van der Waals surface area (Å²) >= 11 is 0. The lowest BCUT2D eigenvalue weighted by atomic mass is 10.00. The molecule has 0 fully saturated rings. The predicted molar refractivity (Wildman–Crippen MR) is 80.5 cm³/mol. The fraction of sp³-hybridized carbons (Fsp3) is 0.294. The first-order chi connectivity index (χ1) is 9.83. The molecule has 0 aliphatic carbocycles. The molecule has 0 radical (unpaired) electrons. The number of likely N-dealkylation sites (N-methyl/N-ethyl adjacent to an activating group) is 1. The van der Waals surface area contributed by atoms with Crippen molar-refractivity contribution in [3.05, 3.63) is 48.0 Å². The van der Waals surface area contributed by atoms with Crippen molar-refractivity contribution in [1.82, 2.24) is 5.32 Å². The monoisotopic (exact) mass is 269 g/mol. The summed E-state index contributed by atoms with van der Waals surface area (Å²) in [5, 5.41) is 3.18. The number of nitrogens with one attached hydrogen (secondary N) is 1. The van der Waals surface area contributed by atoms with Gasteiger partial charge in [0.25, 0.3) is 0 Å². The lowest BCUT2D eigenvalue weighted by Crippen LogP contribution is -2.27. The Morgan fingerprint density at radius 3 is 2.75 bits per heavy atom. The molecule has 3 nitrogen and oxygen atoms in total. The van der Waals surface area contributed by atoms with Crippen LogP contribution in [0.25, 0.3) is 11.1 Å². The van der Waals surface area contributed by atoms with Gasteiger partial charge >= 0.3 is 0 Å². The van der Waals surface area contributed by atoms with Crippen LogP contribution in [0.5, 0.6) is 11.5 Å². The van der Waals surface area contributed by atoms with Crippen LogP contribution in [0.2, 0.25) is 0 Å². The maximum Gasteiger partial charge on any atom is 0.131 e. The molecule has 1 atom stereocenters. The van der Waals surface area contributed by atoms with Crippen molar-refractivity contribution in [2.75, 3.05) is 20.7 Å². The Morgan fingerprint density at radius 2 is 1.95 bits per heavy atom. The Kier molecular flexibility index (Phi) is 3.61. The average Bonchev–Trinajstić information content (AvgIpc) is 2.90. The average molecular weight is 269 g/mol. The van der Waals surface area contributed by atoms with E-state index < -0.39 is 0 Å². The lowest BCUT2D eigenvalue weighted by molar-refractivity contribution is 0.232. The summed E-state index contributed by atoms with van der Waals surface area (Å²) in [6.07, 6.45) is 1.17. The van der Waals surface area contributed by atoms with E-state index in [1.54, 1.807) is 7.11 Å². The second-order valence-electron chi connectivity index (χ2n) is 5.00. The van der Waals surface area contributed by atoms with E-state index in [2.05, 4.69) is 29.6 Å². The third-order valence-corrected chi connectivity index (χ3v) is 3.66. The van der Waals surface area contributed by atoms with Crippen LogP contribution < -0.4 is 14.8 Å². The molecule has 0 saturated heterocycles. The van der Waals surface area contributed by atoms with Crippen LogP contribution >= 0.6 is 0 Å². The van der Waals surface area contributed by atoms with Crippen molar-refractivity contribution in [3.8, 4) is 22.6 Å². The van der Waals surface area contributed by atoms with Crippen LogP contribution in [-0.4, -0.2) is 26.8 Å². The van der Waals surface area contributed by atoms with Gasteiger partial charge in [0.05, 0.1) is 7.11 Å². The van der Waals surface area contributed by atoms with E-state index in [9.17, 15) is 0 Å². The van der Waals surface area contributed by atoms with Gasteiger partial charge in [-0.1, -0.05) is 36.4 Å². The van der Waals surface area contributed by atoms with Crippen molar-refractivity contribution >= 4 is 0 Å². The number of hydrogen-bond donors (Lipinski definition) is 1. The molecule has 1 N–H and O–H groups in total. The van der Waals surface area contributed by atoms with Crippen molar-refractivity contribution in [2.24, 2.45) is 0 Å². The lowest BCUT2D eigenvalue weighted by Gasteiger charge is -2.14. The normalized spacial score (nSPS) is 16.6. The van der Waals surface area contributed by atoms with Gasteiger partial charge in [0.2, 0.25) is 0 Å². The first-order valence-electron chi connectivity index (χ1n) is 6.90. The second kappa shape index (κ2) is 5.55. The summed E-state index contributed by atoms with van der Waals surface area (Å²) in [5.41, 5.74) is 3.46. The van der Waals surface area contributed by atoms with E-state index >= 15 is 0 Å². The Balaban J connectivity index is 2.03. The van der Waals surface area contributed by atoms with Crippen LogP contribution in [0.1, 0.15) is 5.56 Å². The minimum atomic E-state index is 0.214. The standard InChI is InChI=1S/C17H19NO2/c1-18-11-13-10-12-6-5-8-15(17(12)20-13)14-7-3-4-9-16(14)19-2/h3-9,13,18H,10-11H2,1-2H3. The fourth-order valence-electron chi connectivity index (χ4n) is 2.76. The molecule has 0 bridgehead atoms. The van der Waals surface area contributed by atoms with Crippen molar-refractivity contribution in [3.63, 3.8) is 0 Å². The fourth-order valence-corrected chi connectivity index (χ4v) is 2.76. The third-order valence-electron chi connectivity index (χ3n) is 3.66. The minimum absolute atomic E-state index is 0.214. The summed E-state index contributed by atoms with van der Waals surface area (Å²) in [5.74, 6) is 1.87. The number of hydrogen-bond acceptors (Lipinski definition) is 3. The SMILES string of the molecule is CNCC1Cc2cccc(-c3ccccc3OC)c2O1. The van der Waals surface area contributed by atoms with Gasteiger partial charge in [0.1, 0.15) is 17.6 Å². The molecule has 20 heavy (non-hydrogen) atoms. The maximum atomic E-state index is 6.11. The van der Waals surface area contributed by atoms with Crippen LogP contribution in [0.15, 0.2) is 42.5 Å². The van der Waals surface area contributed by atoms with Gasteiger partial charge in [0, 0.05) is 24.1 Å². The molecule has 0 amide bonds. The van der Waals surface area contributed by atoms with Gasteiger partial charge in [0.15, 0.2) is 0 Å². The van der Waals surface area contributed by atoms with E-state index in [1.165, 1.54) is 5.56 Å². The number of fused-ring (bicyclic) bond motifs is 1. The highest BCUT2D eigenvalue weighted by Gasteiger charge is 2.25. The molecular weight excluding hydrogens is 250 g/mol. The molecule has 2 aromatic rings. The van der Waals surface area contributed by atoms with Crippen molar-refractivity contribution in [1.29, 1.82) is 0 Å². The van der Waals surface area contributed by atoms with E-state index in [4.69, 9.17) is 9.47 Å². The van der Waals surface area contributed by atoms with Crippen molar-refractivity contribution in [2.45, 2.75) is 12.5 Å². The van der Waals surface area contributed by atoms with E-state index in [0.717, 1.165) is 35.6 Å². The van der Waals surface area contributed by atoms with Crippen LogP contribution in [0, 0.1) is 0 Å². The quantitative estimate of drug-likeness (QED) is 0.925. The highest BCUT2D eigenvalue weighted by Crippen LogP contribution is 2.41. The molecule has 0 saturated carbocycles. The maximum absolute atomic E-state index is 6.11. The number of ether oxygens (including phenoxy) is 2. The molecule has 3 rings (SSSR count). The number of methoxy groups -OCH3 is 1. The minimum Gasteiger partial charge on any atom is -0.496 e. The van der Waals surface area contributed by atoms with Gasteiger partial charge in [-0.25, -0.2) is 0 Å². The topological polar surface area (TPSA) is 30.5 Å². The van der Waals surface area contributed by atoms with Gasteiger partial charge < -0.3 is 14.8 Å². The molecular formula is C17H19NO2. The third kappa shape index (κ3) is 2.25. The largest absolute Gasteiger partial charge is 0.496 e. The van der Waals surface area contributed by atoms with E-state index in [-0.39, 0.29) is 6.10 Å². The molecule has 0 spiro atoms. The smallest absolute Gasteiger partial charge is 0.131 e. The molecule has 0 aromatic heterocycles. The van der Waals surface area contributed by atoms with Crippen molar-refractivity contribution < 1.29 is 9.47 Å². The summed E-state index contributed by atoms with van der Waals surface area (Å²) in [6.45, 7) is 0.861. The Bertz CT molecular complexity index is 610. The molecule has 1 heterocycles. The zero-order valence-corrected chi connectivity index (χ0v) is 11.8. The zero-order valence-electron chi connectivity index (χ0n) is 11.8. The molecule has 104 valence electrons. The zero-order chi connectivity index (χ0) is 13.9. The number of para-hydroxylation sites is 2. The highest BCUT2D eigenvalue weighted by molar-refractivity contribution is 5.77. The van der Waals surface area contributed by atoms with Gasteiger partial charge in [-0.05, 0) is 18.7 Å².